The van der Waals surface area contributed by atoms with Gasteiger partial charge in [-0.1, -0.05) is 80.8 Å². The number of hydrogen-bond acceptors (Lipinski definition) is 8. The van der Waals surface area contributed by atoms with Gasteiger partial charge in [-0.25, -0.2) is 0 Å². The zero-order valence-corrected chi connectivity index (χ0v) is 30.5. The van der Waals surface area contributed by atoms with E-state index in [-0.39, 0.29) is 11.8 Å². The first-order valence-corrected chi connectivity index (χ1v) is 17.4. The normalized spacial score (nSPS) is 25.4. The Bertz CT molecular complexity index is 2390. The highest BCUT2D eigenvalue weighted by Gasteiger charge is 2.73. The van der Waals surface area contributed by atoms with Crippen molar-refractivity contribution < 1.29 is 0 Å². The molecule has 52 heavy (non-hydrogen) atoms. The number of hydrogen-bond donors (Lipinski definition) is 0. The molecule has 2 bridgehead atoms. The van der Waals surface area contributed by atoms with Crippen LogP contribution in [0.15, 0.2) is 69.9 Å². The van der Waals surface area contributed by atoms with Crippen LogP contribution in [0.5, 0.6) is 0 Å². The summed E-state index contributed by atoms with van der Waals surface area (Å²) in [7, 11) is 0. The minimum Gasteiger partial charge on any atom is -0.196 e. The molecular weight excluding hydrogens is 641 g/mol. The Morgan fingerprint density at radius 2 is 1.08 bits per heavy atom. The van der Waals surface area contributed by atoms with Crippen molar-refractivity contribution in [1.29, 1.82) is 42.1 Å². The fraction of sp³-hybridized carbons (Fsp3) is 0.409. The van der Waals surface area contributed by atoms with Gasteiger partial charge in [0, 0.05) is 23.7 Å². The van der Waals surface area contributed by atoms with Crippen molar-refractivity contribution in [3.8, 4) is 59.7 Å². The second-order valence-corrected chi connectivity index (χ2v) is 15.4. The van der Waals surface area contributed by atoms with Crippen molar-refractivity contribution >= 4 is 0 Å². The van der Waals surface area contributed by atoms with Gasteiger partial charge in [0.1, 0.15) is 0 Å². The SMILES string of the molecule is CC1=C2C3=CC(c4cc(C)c5cc(C(C)C)ccc(C)c4-5)C(C#N)(C#N)C(C#N)(C#N)C3C(C)=C2C2C(C(C)C)=CC1C(C#N)(C#N)C2(C#N)C#N. The highest BCUT2D eigenvalue weighted by atomic mass is 14.7. The molecule has 0 aromatic heterocycles. The van der Waals surface area contributed by atoms with Crippen LogP contribution < -0.4 is 0 Å². The molecule has 7 rings (SSSR count). The zero-order valence-electron chi connectivity index (χ0n) is 30.5. The summed E-state index contributed by atoms with van der Waals surface area (Å²) < 4.78 is 0. The van der Waals surface area contributed by atoms with Crippen LogP contribution in [0.1, 0.15) is 75.6 Å². The first kappa shape index (κ1) is 35.4. The van der Waals surface area contributed by atoms with Gasteiger partial charge in [0.2, 0.25) is 0 Å². The van der Waals surface area contributed by atoms with Crippen molar-refractivity contribution in [3.63, 3.8) is 0 Å². The fourth-order valence-corrected chi connectivity index (χ4v) is 10.0. The van der Waals surface area contributed by atoms with Crippen molar-refractivity contribution in [2.75, 3.05) is 0 Å². The lowest BCUT2D eigenvalue weighted by Gasteiger charge is -2.47. The third-order valence-electron chi connectivity index (χ3n) is 12.6. The molecule has 7 aliphatic carbocycles. The molecule has 0 aromatic carbocycles. The minimum absolute atomic E-state index is 0.201. The maximum Gasteiger partial charge on any atom is 0.186 e. The van der Waals surface area contributed by atoms with Gasteiger partial charge in [-0.05, 0) is 89.6 Å². The Balaban J connectivity index is 1.81. The third kappa shape index (κ3) is 3.78. The van der Waals surface area contributed by atoms with E-state index >= 15 is 0 Å². The number of nitriles is 8. The van der Waals surface area contributed by atoms with E-state index in [0.717, 1.165) is 27.8 Å². The van der Waals surface area contributed by atoms with Gasteiger partial charge in [-0.15, -0.1) is 0 Å². The predicted molar refractivity (Wildman–Crippen MR) is 191 cm³/mol. The summed E-state index contributed by atoms with van der Waals surface area (Å²) in [5.74, 6) is -4.11. The molecule has 7 aliphatic rings. The lowest BCUT2D eigenvalue weighted by atomic mass is 9.47. The Morgan fingerprint density at radius 3 is 1.58 bits per heavy atom. The van der Waals surface area contributed by atoms with E-state index in [1.165, 1.54) is 0 Å². The van der Waals surface area contributed by atoms with Crippen molar-refractivity contribution in [1.82, 2.24) is 0 Å². The van der Waals surface area contributed by atoms with Gasteiger partial charge in [0.05, 0.1) is 48.6 Å². The molecule has 0 aliphatic heterocycles. The lowest BCUT2D eigenvalue weighted by molar-refractivity contribution is 0.179. The molecule has 0 spiro atoms. The van der Waals surface area contributed by atoms with E-state index in [2.05, 4.69) is 74.5 Å². The van der Waals surface area contributed by atoms with Gasteiger partial charge >= 0.3 is 0 Å². The van der Waals surface area contributed by atoms with Gasteiger partial charge in [-0.2, -0.15) is 42.1 Å². The molecule has 0 heterocycles. The first-order chi connectivity index (χ1) is 24.7. The Kier molecular flexibility index (Phi) is 7.87. The van der Waals surface area contributed by atoms with E-state index < -0.39 is 45.3 Å². The van der Waals surface area contributed by atoms with Crippen LogP contribution in [-0.4, -0.2) is 0 Å². The number of aryl methyl sites for hydroxylation is 2. The first-order valence-electron chi connectivity index (χ1n) is 17.4. The topological polar surface area (TPSA) is 190 Å². The number of allylic oxidation sites excluding steroid dienone is 8. The molecule has 0 saturated carbocycles. The van der Waals surface area contributed by atoms with Gasteiger partial charge in [0.15, 0.2) is 21.7 Å². The monoisotopic (exact) mass is 676 g/mol. The van der Waals surface area contributed by atoms with Crippen LogP contribution in [0.2, 0.25) is 0 Å². The third-order valence-corrected chi connectivity index (χ3v) is 12.6. The van der Waals surface area contributed by atoms with Gasteiger partial charge in [-0.3, -0.25) is 0 Å². The number of nitrogens with zero attached hydrogens (tertiary/aromatic N) is 8. The lowest BCUT2D eigenvalue weighted by Crippen LogP contribution is -2.52. The summed E-state index contributed by atoms with van der Waals surface area (Å²) in [5.41, 5.74) is 0.143. The average Bonchev–Trinajstić information content (AvgIpc) is 3.45. The molecule has 0 saturated heterocycles. The second kappa shape index (κ2) is 11.6. The summed E-state index contributed by atoms with van der Waals surface area (Å²) in [5, 5.41) is 88.1. The largest absolute Gasteiger partial charge is 0.196 e. The number of fused-ring (bicyclic) bond motifs is 3. The Hall–Kier alpha value is -6.42. The van der Waals surface area contributed by atoms with Crippen LogP contribution in [0.3, 0.4) is 0 Å². The summed E-state index contributed by atoms with van der Waals surface area (Å²) in [4.78, 5) is 0. The highest BCUT2D eigenvalue weighted by molar-refractivity contribution is 5.81. The molecule has 0 radical (unpaired) electrons. The Morgan fingerprint density at radius 1 is 0.558 bits per heavy atom. The Labute approximate surface area is 305 Å². The smallest absolute Gasteiger partial charge is 0.186 e. The molecule has 4 unspecified atom stereocenters. The van der Waals surface area contributed by atoms with E-state index in [0.29, 0.717) is 39.0 Å². The number of rotatable bonds is 3. The van der Waals surface area contributed by atoms with Crippen molar-refractivity contribution in [2.45, 2.75) is 67.2 Å². The van der Waals surface area contributed by atoms with Crippen LogP contribution in [-0.2, 0) is 0 Å². The van der Waals surface area contributed by atoms with Crippen LogP contribution in [0.4, 0.5) is 0 Å². The fourth-order valence-electron chi connectivity index (χ4n) is 10.0. The van der Waals surface area contributed by atoms with Gasteiger partial charge < -0.3 is 0 Å². The van der Waals surface area contributed by atoms with E-state index in [1.807, 2.05) is 52.0 Å². The van der Waals surface area contributed by atoms with E-state index in [4.69, 9.17) is 0 Å². The average molecular weight is 677 g/mol. The summed E-state index contributed by atoms with van der Waals surface area (Å²) >= 11 is 0. The van der Waals surface area contributed by atoms with Gasteiger partial charge in [0.25, 0.3) is 0 Å². The molecule has 0 amide bonds. The molecule has 8 heteroatoms. The van der Waals surface area contributed by atoms with Crippen molar-refractivity contribution in [2.24, 2.45) is 45.3 Å². The highest BCUT2D eigenvalue weighted by Crippen LogP contribution is 2.72. The molecule has 8 nitrogen and oxygen atoms in total. The molecule has 0 N–H and O–H groups in total. The summed E-state index contributed by atoms with van der Waals surface area (Å²) in [6, 6.07) is 25.6. The van der Waals surface area contributed by atoms with E-state index in [9.17, 15) is 42.1 Å². The molecular formula is C44H36N8. The minimum atomic E-state index is -2.22. The molecule has 0 fully saturated rings. The summed E-state index contributed by atoms with van der Waals surface area (Å²) in [6.07, 6.45) is 3.72. The van der Waals surface area contributed by atoms with Crippen LogP contribution in [0, 0.1) is 150 Å². The quantitative estimate of drug-likeness (QED) is 0.288. The standard InChI is InChI=1S/C44H36N8/c1-23(2)29-10-9-25(5)36-31(12-29)26(6)11-32(36)35-14-33-37-27(7)34-13-30(24(3)4)40(44(21-51,22-52)41(34,15-45)16-46)38(37)28(8)39(33)43(19-49,20-50)42(35,17-47)18-48/h9-14,23-24,34-35,39-40H,1-8H3. The van der Waals surface area contributed by atoms with E-state index in [1.54, 1.807) is 13.8 Å². The molecule has 4 atom stereocenters. The van der Waals surface area contributed by atoms with Crippen LogP contribution in [0.25, 0.3) is 11.1 Å². The maximum atomic E-state index is 11.2. The molecule has 0 aromatic rings. The van der Waals surface area contributed by atoms with Crippen LogP contribution >= 0.6 is 0 Å². The zero-order chi connectivity index (χ0) is 38.3. The maximum absolute atomic E-state index is 11.2. The molecule has 252 valence electrons. The predicted octanol–water partition coefficient (Wildman–Crippen LogP) is 8.79. The second-order valence-electron chi connectivity index (χ2n) is 15.4. The summed E-state index contributed by atoms with van der Waals surface area (Å²) in [6.45, 7) is 15.5. The van der Waals surface area contributed by atoms with Crippen molar-refractivity contribution in [3.05, 3.63) is 92.1 Å².